The maximum atomic E-state index is 5.34. The molecule has 0 bridgehead atoms. The second kappa shape index (κ2) is 33.2. The Kier molecular flexibility index (Phi) is 20.5. The predicted octanol–water partition coefficient (Wildman–Crippen LogP) is 28.4. The maximum absolute atomic E-state index is 5.34. The van der Waals surface area contributed by atoms with Gasteiger partial charge in [-0.25, -0.2) is 15.0 Å². The first-order valence-electron chi connectivity index (χ1n) is 43.2. The largest absolute Gasteiger partial charge is 0.248 e. The van der Waals surface area contributed by atoms with Gasteiger partial charge < -0.3 is 0 Å². The van der Waals surface area contributed by atoms with Crippen LogP contribution in [0.5, 0.6) is 0 Å². The lowest BCUT2D eigenvalue weighted by molar-refractivity contribution is 1.18. The van der Waals surface area contributed by atoms with Gasteiger partial charge in [0.15, 0.2) is 5.82 Å². The van der Waals surface area contributed by atoms with Crippen LogP contribution in [0.3, 0.4) is 0 Å². The normalized spacial score (nSPS) is 13.2. The van der Waals surface area contributed by atoms with Gasteiger partial charge in [-0.15, -0.1) is 0 Å². The van der Waals surface area contributed by atoms with E-state index < -0.39 is 16.1 Å². The summed E-state index contributed by atoms with van der Waals surface area (Å²) >= 11 is 0. The van der Waals surface area contributed by atoms with E-state index in [-0.39, 0.29) is 0 Å². The Hall–Kier alpha value is -15.4. The van der Waals surface area contributed by atoms with E-state index in [1.165, 1.54) is 126 Å². The highest BCUT2D eigenvalue weighted by Gasteiger charge is 2.43. The standard InChI is InChI=1S/C61H45NSi.C59H42N2Si/c1-63(2)60-28-10-9-27-56(60)57-39-53(33-34-61(57)63)51-24-13-23-50(37-51)49-22-11-20-47(35-49)44-29-31-45(32-30-44)58-40-55(52-25-12-19-46(36-52)42-15-5-3-6-16-42)41-59(62-58)54-26-14-21-48(38-54)43-17-7-4-8-18-43;1-62(52-26-9-4-10-27-52)57-29-12-11-28-53(57)54-39-50(34-35-58(54)62)49-24-14-23-48(37-49)47-22-13-20-45(36-47)42-30-32-44(33-31-42)59-60-55(43-18-7-3-8-19-43)40-56(61-59)51-25-15-21-46(38-51)41-16-5-2-6-17-41/h3-41H,1-2H3;2-40H,1H3. The van der Waals surface area contributed by atoms with Crippen LogP contribution >= 0.6 is 0 Å². The zero-order valence-electron chi connectivity index (χ0n) is 69.9. The van der Waals surface area contributed by atoms with Crippen LogP contribution in [0.2, 0.25) is 19.6 Å². The molecule has 5 heteroatoms. The average molecular weight is 1630 g/mol. The Morgan fingerprint density at radius 2 is 0.384 bits per heavy atom. The molecule has 590 valence electrons. The van der Waals surface area contributed by atoms with Gasteiger partial charge >= 0.3 is 0 Å². The fourth-order valence-corrected chi connectivity index (χ4v) is 26.0. The molecule has 0 saturated heterocycles. The van der Waals surface area contributed by atoms with Crippen molar-refractivity contribution in [1.82, 2.24) is 15.0 Å². The van der Waals surface area contributed by atoms with Crippen molar-refractivity contribution in [1.29, 1.82) is 0 Å². The summed E-state index contributed by atoms with van der Waals surface area (Å²) < 4.78 is 0. The van der Waals surface area contributed by atoms with E-state index in [4.69, 9.17) is 15.0 Å². The number of hydrogen-bond acceptors (Lipinski definition) is 3. The van der Waals surface area contributed by atoms with E-state index in [1.54, 1.807) is 5.19 Å². The molecule has 0 fully saturated rings. The molecule has 2 aromatic heterocycles. The monoisotopic (exact) mass is 1630 g/mol. The lowest BCUT2D eigenvalue weighted by atomic mass is 9.94. The lowest BCUT2D eigenvalue weighted by Gasteiger charge is -2.25. The number of hydrogen-bond donors (Lipinski definition) is 0. The minimum atomic E-state index is -2.11. The van der Waals surface area contributed by atoms with Gasteiger partial charge in [-0.05, 0) is 232 Å². The molecule has 3 nitrogen and oxygen atoms in total. The van der Waals surface area contributed by atoms with E-state index in [0.717, 1.165) is 78.4 Å². The molecule has 0 saturated carbocycles. The smallest absolute Gasteiger partial charge is 0.160 e. The van der Waals surface area contributed by atoms with Gasteiger partial charge in [0.25, 0.3) is 0 Å². The molecule has 1 atom stereocenters. The Balaban J connectivity index is 0.000000153. The van der Waals surface area contributed by atoms with Crippen LogP contribution in [-0.2, 0) is 0 Å². The SMILES string of the molecule is C[Si]1(C)c2ccccc2-c2cc(-c3cccc(-c4cccc(-c5ccc(-c6cc(-c7cccc(-c8ccccc8)c7)cc(-c7cccc(-c8ccccc8)c7)n6)cc5)c4)c3)ccc21.C[Si]1(c2ccccc2)c2ccccc2-c2cc(-c3cccc(-c4cccc(-c5ccc(-c6nc(-c7ccccc7)cc(-c7cccc(-c8ccccc8)c7)n6)cc5)c4)c3)ccc21. The molecule has 1 unspecified atom stereocenters. The summed E-state index contributed by atoms with van der Waals surface area (Å²) in [6, 6.07) is 172. The highest BCUT2D eigenvalue weighted by atomic mass is 28.3. The summed E-state index contributed by atoms with van der Waals surface area (Å²) in [6.07, 6.45) is 0. The molecule has 0 amide bonds. The van der Waals surface area contributed by atoms with Crippen molar-refractivity contribution in [2.75, 3.05) is 0 Å². The third kappa shape index (κ3) is 15.2. The van der Waals surface area contributed by atoms with Crippen molar-refractivity contribution >= 4 is 42.1 Å². The summed E-state index contributed by atoms with van der Waals surface area (Å²) in [7, 11) is -3.80. The fourth-order valence-electron chi connectivity index (χ4n) is 18.8. The van der Waals surface area contributed by atoms with Crippen molar-refractivity contribution in [2.24, 2.45) is 0 Å². The molecule has 22 rings (SSSR count). The Labute approximate surface area is 734 Å². The average Bonchev–Trinajstić information content (AvgIpc) is 1.57. The summed E-state index contributed by atoms with van der Waals surface area (Å²) in [4.78, 5) is 15.6. The van der Waals surface area contributed by atoms with Crippen molar-refractivity contribution in [2.45, 2.75) is 19.6 Å². The van der Waals surface area contributed by atoms with Crippen molar-refractivity contribution < 1.29 is 0 Å². The second-order valence-corrected chi connectivity index (χ2v) is 41.7. The summed E-state index contributed by atoms with van der Waals surface area (Å²) in [6.45, 7) is 7.46. The Morgan fingerprint density at radius 1 is 0.144 bits per heavy atom. The van der Waals surface area contributed by atoms with Crippen LogP contribution in [0.1, 0.15) is 0 Å². The summed E-state index contributed by atoms with van der Waals surface area (Å²) in [5, 5.41) is 7.53. The molecule has 0 N–H and O–H groups in total. The molecular weight excluding hydrogens is 1540 g/mol. The van der Waals surface area contributed by atoms with Crippen molar-refractivity contribution in [3.8, 4) is 190 Å². The quantitative estimate of drug-likeness (QED) is 0.0905. The van der Waals surface area contributed by atoms with Crippen LogP contribution in [0.25, 0.3) is 190 Å². The molecule has 2 aliphatic heterocycles. The zero-order valence-corrected chi connectivity index (χ0v) is 71.9. The van der Waals surface area contributed by atoms with Gasteiger partial charge in [0, 0.05) is 27.8 Å². The van der Waals surface area contributed by atoms with Crippen LogP contribution in [0.15, 0.2) is 473 Å². The van der Waals surface area contributed by atoms with E-state index in [1.807, 2.05) is 12.1 Å². The first-order valence-corrected chi connectivity index (χ1v) is 48.7. The van der Waals surface area contributed by atoms with Crippen molar-refractivity contribution in [3.05, 3.63) is 473 Å². The number of aromatic nitrogens is 3. The number of pyridine rings is 1. The number of rotatable bonds is 16. The van der Waals surface area contributed by atoms with E-state index in [2.05, 4.69) is 481 Å². The van der Waals surface area contributed by atoms with Gasteiger partial charge in [0.1, 0.15) is 16.1 Å². The third-order valence-corrected chi connectivity index (χ3v) is 33.6. The third-order valence-electron chi connectivity index (χ3n) is 25.5. The minimum absolute atomic E-state index is 0.700. The Morgan fingerprint density at radius 3 is 0.816 bits per heavy atom. The van der Waals surface area contributed by atoms with Crippen LogP contribution in [0.4, 0.5) is 0 Å². The molecule has 18 aromatic carbocycles. The van der Waals surface area contributed by atoms with Crippen LogP contribution in [-0.4, -0.2) is 31.1 Å². The highest BCUT2D eigenvalue weighted by Crippen LogP contribution is 2.41. The van der Waals surface area contributed by atoms with E-state index in [9.17, 15) is 0 Å². The van der Waals surface area contributed by atoms with E-state index >= 15 is 0 Å². The topological polar surface area (TPSA) is 38.7 Å². The van der Waals surface area contributed by atoms with Crippen molar-refractivity contribution in [3.63, 3.8) is 0 Å². The molecule has 20 aromatic rings. The zero-order chi connectivity index (χ0) is 83.8. The second-order valence-electron chi connectivity index (χ2n) is 33.5. The molecule has 2 aliphatic rings. The molecule has 125 heavy (non-hydrogen) atoms. The van der Waals surface area contributed by atoms with Crippen LogP contribution < -0.4 is 25.9 Å². The summed E-state index contributed by atoms with van der Waals surface area (Å²) in [5.74, 6) is 0.700. The molecule has 4 heterocycles. The van der Waals surface area contributed by atoms with Gasteiger partial charge in [-0.3, -0.25) is 0 Å². The minimum Gasteiger partial charge on any atom is -0.248 e. The maximum Gasteiger partial charge on any atom is 0.160 e. The summed E-state index contributed by atoms with van der Waals surface area (Å²) in [5.41, 5.74) is 38.3. The number of benzene rings is 18. The van der Waals surface area contributed by atoms with Gasteiger partial charge in [-0.1, -0.05) is 420 Å². The van der Waals surface area contributed by atoms with Crippen LogP contribution in [0, 0.1) is 0 Å². The molecule has 0 aliphatic carbocycles. The first kappa shape index (κ1) is 77.0. The fraction of sp³-hybridized carbons (Fsp3) is 0.0250. The molecule has 0 spiro atoms. The van der Waals surface area contributed by atoms with Gasteiger partial charge in [-0.2, -0.15) is 0 Å². The molecule has 0 radical (unpaired) electrons. The predicted molar refractivity (Wildman–Crippen MR) is 532 cm³/mol. The number of nitrogens with zero attached hydrogens (tertiary/aromatic N) is 3. The Bertz CT molecular complexity index is 7310. The number of fused-ring (bicyclic) bond motifs is 6. The van der Waals surface area contributed by atoms with E-state index in [0.29, 0.717) is 5.82 Å². The highest BCUT2D eigenvalue weighted by molar-refractivity contribution is 7.13. The molecular formula is C120H87N3Si2. The van der Waals surface area contributed by atoms with Gasteiger partial charge in [0.2, 0.25) is 0 Å². The lowest BCUT2D eigenvalue weighted by Crippen LogP contribution is -2.62. The first-order chi connectivity index (χ1) is 61.5. The van der Waals surface area contributed by atoms with Gasteiger partial charge in [0.05, 0.1) is 22.8 Å².